The highest BCUT2D eigenvalue weighted by atomic mass is 16.6. The molecular formula is C12H13NO3. The van der Waals surface area contributed by atoms with E-state index >= 15 is 0 Å². The van der Waals surface area contributed by atoms with Crippen molar-refractivity contribution in [3.63, 3.8) is 0 Å². The molecule has 1 amide bonds. The third-order valence-electron chi connectivity index (χ3n) is 3.38. The lowest BCUT2D eigenvalue weighted by molar-refractivity contribution is 0.110. The molecule has 4 heteroatoms. The molecule has 1 aromatic rings. The molecule has 16 heavy (non-hydrogen) atoms. The van der Waals surface area contributed by atoms with E-state index in [0.29, 0.717) is 6.61 Å². The van der Waals surface area contributed by atoms with Gasteiger partial charge in [0.05, 0.1) is 18.7 Å². The van der Waals surface area contributed by atoms with Crippen LogP contribution in [0.4, 0.5) is 4.79 Å². The van der Waals surface area contributed by atoms with Crippen LogP contribution in [0.1, 0.15) is 17.2 Å². The molecule has 1 N–H and O–H groups in total. The standard InChI is InChI=1S/C12H13NO3/c14-6-11-10-4-2-1-3-8(10)5-9-7-16-12(15)13(9)11/h1-4,9,11,14H,5-7H2/t9-,11+/m0/s1. The molecule has 0 spiro atoms. The highest BCUT2D eigenvalue weighted by molar-refractivity contribution is 5.71. The van der Waals surface area contributed by atoms with Gasteiger partial charge >= 0.3 is 6.09 Å². The fourth-order valence-corrected chi connectivity index (χ4v) is 2.65. The van der Waals surface area contributed by atoms with Crippen LogP contribution in [0.3, 0.4) is 0 Å². The summed E-state index contributed by atoms with van der Waals surface area (Å²) >= 11 is 0. The number of amides is 1. The van der Waals surface area contributed by atoms with E-state index in [1.165, 1.54) is 5.56 Å². The van der Waals surface area contributed by atoms with Gasteiger partial charge in [0.2, 0.25) is 0 Å². The molecule has 1 saturated heterocycles. The first-order valence-electron chi connectivity index (χ1n) is 5.45. The first kappa shape index (κ1) is 9.66. The molecule has 2 heterocycles. The summed E-state index contributed by atoms with van der Waals surface area (Å²) in [6, 6.07) is 7.78. The predicted molar refractivity (Wildman–Crippen MR) is 56.9 cm³/mol. The van der Waals surface area contributed by atoms with Crippen molar-refractivity contribution in [2.75, 3.05) is 13.2 Å². The molecule has 0 bridgehead atoms. The minimum Gasteiger partial charge on any atom is -0.447 e. The van der Waals surface area contributed by atoms with E-state index in [0.717, 1.165) is 12.0 Å². The molecule has 3 rings (SSSR count). The summed E-state index contributed by atoms with van der Waals surface area (Å²) in [6.07, 6.45) is 0.511. The summed E-state index contributed by atoms with van der Waals surface area (Å²) < 4.78 is 5.04. The Bertz CT molecular complexity index is 432. The van der Waals surface area contributed by atoms with Crippen LogP contribution in [0.5, 0.6) is 0 Å². The Balaban J connectivity index is 2.07. The first-order chi connectivity index (χ1) is 7.81. The van der Waals surface area contributed by atoms with Crippen molar-refractivity contribution < 1.29 is 14.6 Å². The van der Waals surface area contributed by atoms with Gasteiger partial charge in [-0.15, -0.1) is 0 Å². The number of aliphatic hydroxyl groups excluding tert-OH is 1. The molecule has 84 valence electrons. The second kappa shape index (κ2) is 3.49. The average molecular weight is 219 g/mol. The van der Waals surface area contributed by atoms with Gasteiger partial charge < -0.3 is 9.84 Å². The molecular weight excluding hydrogens is 206 g/mol. The van der Waals surface area contributed by atoms with Crippen LogP contribution < -0.4 is 0 Å². The van der Waals surface area contributed by atoms with E-state index in [1.807, 2.05) is 18.2 Å². The molecule has 1 fully saturated rings. The average Bonchev–Trinajstić information content (AvgIpc) is 2.68. The molecule has 2 aliphatic rings. The number of aliphatic hydroxyl groups is 1. The van der Waals surface area contributed by atoms with Crippen molar-refractivity contribution in [2.24, 2.45) is 0 Å². The van der Waals surface area contributed by atoms with E-state index in [1.54, 1.807) is 4.90 Å². The smallest absolute Gasteiger partial charge is 0.410 e. The van der Waals surface area contributed by atoms with E-state index in [2.05, 4.69) is 6.07 Å². The van der Waals surface area contributed by atoms with Gasteiger partial charge in [-0.05, 0) is 17.5 Å². The lowest BCUT2D eigenvalue weighted by atomic mass is 9.89. The molecule has 2 aliphatic heterocycles. The Kier molecular flexibility index (Phi) is 2.11. The fraction of sp³-hybridized carbons (Fsp3) is 0.417. The zero-order valence-electron chi connectivity index (χ0n) is 8.80. The lowest BCUT2D eigenvalue weighted by Gasteiger charge is -2.35. The van der Waals surface area contributed by atoms with Crippen LogP contribution in [-0.2, 0) is 11.2 Å². The largest absolute Gasteiger partial charge is 0.447 e. The first-order valence-corrected chi connectivity index (χ1v) is 5.45. The van der Waals surface area contributed by atoms with Crippen molar-refractivity contribution in [3.05, 3.63) is 35.4 Å². The molecule has 0 aromatic heterocycles. The van der Waals surface area contributed by atoms with Crippen LogP contribution >= 0.6 is 0 Å². The maximum atomic E-state index is 11.6. The molecule has 0 saturated carbocycles. The summed E-state index contributed by atoms with van der Waals surface area (Å²) in [6.45, 7) is 0.381. The second-order valence-corrected chi connectivity index (χ2v) is 4.24. The third kappa shape index (κ3) is 1.23. The number of carbonyl (C=O) groups excluding carboxylic acids is 1. The lowest BCUT2D eigenvalue weighted by Crippen LogP contribution is -2.43. The zero-order chi connectivity index (χ0) is 11.1. The van der Waals surface area contributed by atoms with E-state index in [4.69, 9.17) is 4.74 Å². The summed E-state index contributed by atoms with van der Waals surface area (Å²) in [5.74, 6) is 0. The molecule has 2 atom stereocenters. The maximum absolute atomic E-state index is 11.6. The minimum absolute atomic E-state index is 0.0530. The van der Waals surface area contributed by atoms with Gasteiger partial charge in [-0.3, -0.25) is 4.90 Å². The Hall–Kier alpha value is -1.55. The monoisotopic (exact) mass is 219 g/mol. The zero-order valence-corrected chi connectivity index (χ0v) is 8.80. The van der Waals surface area contributed by atoms with Crippen molar-refractivity contribution in [1.82, 2.24) is 4.90 Å². The van der Waals surface area contributed by atoms with Gasteiger partial charge in [0.15, 0.2) is 0 Å². The van der Waals surface area contributed by atoms with Crippen molar-refractivity contribution >= 4 is 6.09 Å². The highest BCUT2D eigenvalue weighted by Gasteiger charge is 2.42. The number of ether oxygens (including phenoxy) is 1. The van der Waals surface area contributed by atoms with Crippen LogP contribution in [-0.4, -0.2) is 35.4 Å². The minimum atomic E-state index is -0.307. The quantitative estimate of drug-likeness (QED) is 0.769. The Labute approximate surface area is 93.4 Å². The number of benzene rings is 1. The number of fused-ring (bicyclic) bond motifs is 2. The van der Waals surface area contributed by atoms with E-state index < -0.39 is 0 Å². The van der Waals surface area contributed by atoms with Gasteiger partial charge in [0, 0.05) is 0 Å². The van der Waals surface area contributed by atoms with Gasteiger partial charge in [0.25, 0.3) is 0 Å². The van der Waals surface area contributed by atoms with Crippen LogP contribution in [0, 0.1) is 0 Å². The number of hydrogen-bond donors (Lipinski definition) is 1. The number of hydrogen-bond acceptors (Lipinski definition) is 3. The molecule has 0 radical (unpaired) electrons. The molecule has 1 aromatic carbocycles. The Morgan fingerprint density at radius 1 is 1.44 bits per heavy atom. The van der Waals surface area contributed by atoms with Crippen molar-refractivity contribution in [2.45, 2.75) is 18.5 Å². The van der Waals surface area contributed by atoms with Crippen molar-refractivity contribution in [1.29, 1.82) is 0 Å². The molecule has 4 nitrogen and oxygen atoms in total. The molecule has 0 unspecified atom stereocenters. The number of rotatable bonds is 1. The third-order valence-corrected chi connectivity index (χ3v) is 3.38. The Morgan fingerprint density at radius 2 is 2.25 bits per heavy atom. The van der Waals surface area contributed by atoms with E-state index in [-0.39, 0.29) is 24.8 Å². The second-order valence-electron chi connectivity index (χ2n) is 4.24. The maximum Gasteiger partial charge on any atom is 0.410 e. The topological polar surface area (TPSA) is 49.8 Å². The summed E-state index contributed by atoms with van der Waals surface area (Å²) in [5.41, 5.74) is 2.25. The van der Waals surface area contributed by atoms with Gasteiger partial charge in [-0.2, -0.15) is 0 Å². The predicted octanol–water partition coefficient (Wildman–Crippen LogP) is 1.10. The highest BCUT2D eigenvalue weighted by Crippen LogP contribution is 2.35. The van der Waals surface area contributed by atoms with Gasteiger partial charge in [0.1, 0.15) is 6.61 Å². The van der Waals surface area contributed by atoms with Crippen LogP contribution in [0.15, 0.2) is 24.3 Å². The fourth-order valence-electron chi connectivity index (χ4n) is 2.65. The number of cyclic esters (lactones) is 1. The van der Waals surface area contributed by atoms with Crippen LogP contribution in [0.25, 0.3) is 0 Å². The summed E-state index contributed by atoms with van der Waals surface area (Å²) in [7, 11) is 0. The van der Waals surface area contributed by atoms with Gasteiger partial charge in [-0.1, -0.05) is 24.3 Å². The van der Waals surface area contributed by atoms with E-state index in [9.17, 15) is 9.90 Å². The Morgan fingerprint density at radius 3 is 3.06 bits per heavy atom. The van der Waals surface area contributed by atoms with Crippen molar-refractivity contribution in [3.8, 4) is 0 Å². The summed E-state index contributed by atoms with van der Waals surface area (Å²) in [5, 5.41) is 9.45. The van der Waals surface area contributed by atoms with Crippen LogP contribution in [0.2, 0.25) is 0 Å². The molecule has 0 aliphatic carbocycles. The van der Waals surface area contributed by atoms with Gasteiger partial charge in [-0.25, -0.2) is 4.79 Å². The normalized spacial score (nSPS) is 27.3. The summed E-state index contributed by atoms with van der Waals surface area (Å²) in [4.78, 5) is 13.2. The number of carbonyl (C=O) groups is 1. The SMILES string of the molecule is O=C1OC[C@@H]2Cc3ccccc3[C@@H](CO)N12. The number of nitrogens with zero attached hydrogens (tertiary/aromatic N) is 1.